The Balaban J connectivity index is 1.53. The lowest BCUT2D eigenvalue weighted by molar-refractivity contribution is -0.123. The molecule has 0 aliphatic heterocycles. The molecule has 0 saturated carbocycles. The number of amides is 1. The standard InChI is InChI=1S/C21H21N3O4S/c1-16-3-2-4-18(13-16)24-29(26,27)20-7-5-19(6-8-20)28-15-21(25)23-14-17-9-11-22-12-10-17/h2-13,24H,14-15H2,1H3,(H,23,25). The molecule has 1 aromatic heterocycles. The summed E-state index contributed by atoms with van der Waals surface area (Å²) in [5.74, 6) is 0.123. The van der Waals surface area contributed by atoms with E-state index in [1.54, 1.807) is 30.6 Å². The number of nitrogens with one attached hydrogen (secondary N) is 2. The van der Waals surface area contributed by atoms with Crippen molar-refractivity contribution in [2.75, 3.05) is 11.3 Å². The van der Waals surface area contributed by atoms with Crippen LogP contribution in [-0.2, 0) is 21.4 Å². The molecule has 29 heavy (non-hydrogen) atoms. The number of nitrogens with zero attached hydrogens (tertiary/aromatic N) is 1. The maximum Gasteiger partial charge on any atom is 0.261 e. The summed E-state index contributed by atoms with van der Waals surface area (Å²) in [6, 6.07) is 16.6. The first-order valence-corrected chi connectivity index (χ1v) is 10.4. The maximum atomic E-state index is 12.5. The summed E-state index contributed by atoms with van der Waals surface area (Å²) in [5, 5.41) is 2.74. The molecule has 0 bridgehead atoms. The number of sulfonamides is 1. The van der Waals surface area contributed by atoms with Gasteiger partial charge in [-0.2, -0.15) is 0 Å². The van der Waals surface area contributed by atoms with Crippen LogP contribution in [0.25, 0.3) is 0 Å². The van der Waals surface area contributed by atoms with Crippen LogP contribution >= 0.6 is 0 Å². The average molecular weight is 411 g/mol. The number of ether oxygens (including phenoxy) is 1. The Bertz CT molecular complexity index is 1070. The fourth-order valence-electron chi connectivity index (χ4n) is 2.54. The van der Waals surface area contributed by atoms with E-state index in [4.69, 9.17) is 4.74 Å². The highest BCUT2D eigenvalue weighted by Crippen LogP contribution is 2.20. The molecule has 0 saturated heterocycles. The second-order valence-electron chi connectivity index (χ2n) is 6.37. The largest absolute Gasteiger partial charge is 0.484 e. The fourth-order valence-corrected chi connectivity index (χ4v) is 3.59. The summed E-state index contributed by atoms with van der Waals surface area (Å²) in [5.41, 5.74) is 2.39. The van der Waals surface area contributed by atoms with E-state index >= 15 is 0 Å². The van der Waals surface area contributed by atoms with Gasteiger partial charge in [0.1, 0.15) is 5.75 Å². The van der Waals surface area contributed by atoms with Crippen LogP contribution in [0.1, 0.15) is 11.1 Å². The van der Waals surface area contributed by atoms with Crippen molar-refractivity contribution in [2.24, 2.45) is 0 Å². The Morgan fingerprint density at radius 2 is 1.76 bits per heavy atom. The Morgan fingerprint density at radius 3 is 2.45 bits per heavy atom. The summed E-state index contributed by atoms with van der Waals surface area (Å²) in [4.78, 5) is 15.9. The Labute approximate surface area is 169 Å². The van der Waals surface area contributed by atoms with Gasteiger partial charge in [-0.25, -0.2) is 8.42 Å². The number of benzene rings is 2. The highest BCUT2D eigenvalue weighted by molar-refractivity contribution is 7.92. The highest BCUT2D eigenvalue weighted by Gasteiger charge is 2.14. The van der Waals surface area contributed by atoms with Crippen LogP contribution in [0.2, 0.25) is 0 Å². The van der Waals surface area contributed by atoms with E-state index < -0.39 is 10.0 Å². The Hall–Kier alpha value is -3.39. The Kier molecular flexibility index (Phi) is 6.46. The first kappa shape index (κ1) is 20.3. The van der Waals surface area contributed by atoms with E-state index in [2.05, 4.69) is 15.0 Å². The maximum absolute atomic E-state index is 12.5. The SMILES string of the molecule is Cc1cccc(NS(=O)(=O)c2ccc(OCC(=O)NCc3ccncc3)cc2)c1. The average Bonchev–Trinajstić information content (AvgIpc) is 2.71. The van der Waals surface area contributed by atoms with Crippen molar-refractivity contribution in [1.29, 1.82) is 0 Å². The van der Waals surface area contributed by atoms with Gasteiger partial charge in [-0.15, -0.1) is 0 Å². The third-order valence-corrected chi connectivity index (χ3v) is 5.41. The number of carbonyl (C=O) groups is 1. The predicted molar refractivity (Wildman–Crippen MR) is 110 cm³/mol. The monoisotopic (exact) mass is 411 g/mol. The molecule has 0 aliphatic rings. The number of hydrogen-bond acceptors (Lipinski definition) is 5. The molecule has 0 aliphatic carbocycles. The summed E-state index contributed by atoms with van der Waals surface area (Å²) >= 11 is 0. The minimum atomic E-state index is -3.71. The van der Waals surface area contributed by atoms with Crippen molar-refractivity contribution in [2.45, 2.75) is 18.4 Å². The third kappa shape index (κ3) is 6.05. The molecular weight excluding hydrogens is 390 g/mol. The molecule has 0 atom stereocenters. The molecule has 150 valence electrons. The van der Waals surface area contributed by atoms with Gasteiger partial charge in [-0.3, -0.25) is 14.5 Å². The molecule has 3 rings (SSSR count). The van der Waals surface area contributed by atoms with Gasteiger partial charge in [0.25, 0.3) is 15.9 Å². The number of aryl methyl sites for hydroxylation is 1. The summed E-state index contributed by atoms with van der Waals surface area (Å²) in [6.07, 6.45) is 3.31. The second-order valence-corrected chi connectivity index (χ2v) is 8.05. The lowest BCUT2D eigenvalue weighted by Gasteiger charge is -2.10. The molecule has 8 heteroatoms. The van der Waals surface area contributed by atoms with Crippen LogP contribution in [0.3, 0.4) is 0 Å². The normalized spacial score (nSPS) is 10.9. The molecule has 7 nitrogen and oxygen atoms in total. The number of hydrogen-bond donors (Lipinski definition) is 2. The van der Waals surface area contributed by atoms with Crippen molar-refractivity contribution < 1.29 is 17.9 Å². The van der Waals surface area contributed by atoms with Crippen molar-refractivity contribution in [1.82, 2.24) is 10.3 Å². The zero-order chi connectivity index (χ0) is 20.7. The number of anilines is 1. The Morgan fingerprint density at radius 1 is 1.03 bits per heavy atom. The van der Waals surface area contributed by atoms with Crippen molar-refractivity contribution in [3.63, 3.8) is 0 Å². The molecule has 3 aromatic rings. The minimum Gasteiger partial charge on any atom is -0.484 e. The minimum absolute atomic E-state index is 0.105. The molecule has 2 N–H and O–H groups in total. The molecule has 0 radical (unpaired) electrons. The molecule has 0 spiro atoms. The van der Waals surface area contributed by atoms with Gasteiger partial charge in [-0.1, -0.05) is 12.1 Å². The van der Waals surface area contributed by atoms with Gasteiger partial charge in [-0.05, 0) is 66.6 Å². The number of rotatable bonds is 8. The number of aromatic nitrogens is 1. The molecule has 0 unspecified atom stereocenters. The van der Waals surface area contributed by atoms with Gasteiger partial charge in [0.2, 0.25) is 0 Å². The van der Waals surface area contributed by atoms with Gasteiger partial charge in [0, 0.05) is 24.6 Å². The molecule has 1 heterocycles. The van der Waals surface area contributed by atoms with Crippen LogP contribution in [0.15, 0.2) is 78.0 Å². The topological polar surface area (TPSA) is 97.4 Å². The zero-order valence-corrected chi connectivity index (χ0v) is 16.6. The van der Waals surface area contributed by atoms with Crippen LogP contribution in [0, 0.1) is 6.92 Å². The van der Waals surface area contributed by atoms with E-state index in [-0.39, 0.29) is 17.4 Å². The van der Waals surface area contributed by atoms with Gasteiger partial charge in [0.05, 0.1) is 4.90 Å². The van der Waals surface area contributed by atoms with Gasteiger partial charge < -0.3 is 10.1 Å². The summed E-state index contributed by atoms with van der Waals surface area (Å²) < 4.78 is 32.9. The predicted octanol–water partition coefficient (Wildman–Crippen LogP) is 2.89. The zero-order valence-electron chi connectivity index (χ0n) is 15.8. The highest BCUT2D eigenvalue weighted by atomic mass is 32.2. The van der Waals surface area contributed by atoms with E-state index in [1.807, 2.05) is 25.1 Å². The first-order valence-electron chi connectivity index (χ1n) is 8.90. The third-order valence-electron chi connectivity index (χ3n) is 4.01. The lowest BCUT2D eigenvalue weighted by atomic mass is 10.2. The van der Waals surface area contributed by atoms with Crippen molar-refractivity contribution in [3.05, 3.63) is 84.2 Å². The van der Waals surface area contributed by atoms with Crippen LogP contribution in [0.5, 0.6) is 5.75 Å². The molecular formula is C21H21N3O4S. The summed E-state index contributed by atoms with van der Waals surface area (Å²) in [6.45, 7) is 2.10. The first-order chi connectivity index (χ1) is 13.9. The van der Waals surface area contributed by atoms with Crippen LogP contribution in [-0.4, -0.2) is 25.9 Å². The fraction of sp³-hybridized carbons (Fsp3) is 0.143. The van der Waals surface area contributed by atoms with Crippen LogP contribution in [0.4, 0.5) is 5.69 Å². The number of carbonyl (C=O) groups excluding carboxylic acids is 1. The van der Waals surface area contributed by atoms with E-state index in [1.165, 1.54) is 24.3 Å². The van der Waals surface area contributed by atoms with Crippen molar-refractivity contribution >= 4 is 21.6 Å². The lowest BCUT2D eigenvalue weighted by Crippen LogP contribution is -2.28. The van der Waals surface area contributed by atoms with Gasteiger partial charge >= 0.3 is 0 Å². The summed E-state index contributed by atoms with van der Waals surface area (Å²) in [7, 11) is -3.71. The smallest absolute Gasteiger partial charge is 0.261 e. The van der Waals surface area contributed by atoms with E-state index in [9.17, 15) is 13.2 Å². The van der Waals surface area contributed by atoms with E-state index in [0.717, 1.165) is 11.1 Å². The molecule has 1 amide bonds. The van der Waals surface area contributed by atoms with Gasteiger partial charge in [0.15, 0.2) is 6.61 Å². The molecule has 2 aromatic carbocycles. The number of pyridine rings is 1. The van der Waals surface area contributed by atoms with Crippen LogP contribution < -0.4 is 14.8 Å². The van der Waals surface area contributed by atoms with E-state index in [0.29, 0.717) is 18.0 Å². The quantitative estimate of drug-likeness (QED) is 0.594. The molecule has 0 fully saturated rings. The van der Waals surface area contributed by atoms with Crippen molar-refractivity contribution in [3.8, 4) is 5.75 Å². The second kappa shape index (κ2) is 9.20.